The van der Waals surface area contributed by atoms with Gasteiger partial charge in [0.1, 0.15) is 0 Å². The number of piperidine rings is 1. The van der Waals surface area contributed by atoms with E-state index in [0.717, 1.165) is 30.5 Å². The topological polar surface area (TPSA) is 15.3 Å². The average Bonchev–Trinajstić information content (AvgIpc) is 2.77. The maximum atomic E-state index is 3.29. The molecule has 0 aromatic carbocycles. The molecule has 1 aliphatic carbocycles. The molecule has 2 aliphatic rings. The molecule has 0 spiro atoms. The first-order valence-electron chi connectivity index (χ1n) is 6.12. The van der Waals surface area contributed by atoms with Crippen LogP contribution in [0.3, 0.4) is 0 Å². The van der Waals surface area contributed by atoms with Gasteiger partial charge in [-0.1, -0.05) is 6.92 Å². The molecule has 14 heavy (non-hydrogen) atoms. The SMILES string of the molecule is CNCC(C)C(C)N1CC2CCC1C2. The third kappa shape index (κ3) is 1.82. The van der Waals surface area contributed by atoms with E-state index >= 15 is 0 Å². The lowest BCUT2D eigenvalue weighted by Crippen LogP contribution is -2.44. The van der Waals surface area contributed by atoms with Crippen molar-refractivity contribution in [3.63, 3.8) is 0 Å². The van der Waals surface area contributed by atoms with Gasteiger partial charge in [-0.15, -0.1) is 0 Å². The van der Waals surface area contributed by atoms with Gasteiger partial charge < -0.3 is 5.32 Å². The van der Waals surface area contributed by atoms with Crippen molar-refractivity contribution in [3.8, 4) is 0 Å². The van der Waals surface area contributed by atoms with E-state index in [1.54, 1.807) is 0 Å². The lowest BCUT2D eigenvalue weighted by molar-refractivity contribution is 0.121. The zero-order valence-corrected chi connectivity index (χ0v) is 9.79. The van der Waals surface area contributed by atoms with Crippen LogP contribution in [-0.4, -0.2) is 37.1 Å². The van der Waals surface area contributed by atoms with E-state index < -0.39 is 0 Å². The van der Waals surface area contributed by atoms with Gasteiger partial charge in [-0.3, -0.25) is 4.90 Å². The predicted octanol–water partition coefficient (Wildman–Crippen LogP) is 1.71. The van der Waals surface area contributed by atoms with E-state index in [9.17, 15) is 0 Å². The highest BCUT2D eigenvalue weighted by atomic mass is 15.2. The Morgan fingerprint density at radius 1 is 1.36 bits per heavy atom. The summed E-state index contributed by atoms with van der Waals surface area (Å²) in [5.74, 6) is 1.81. The molecule has 1 N–H and O–H groups in total. The van der Waals surface area contributed by atoms with Crippen molar-refractivity contribution in [1.29, 1.82) is 0 Å². The van der Waals surface area contributed by atoms with E-state index in [2.05, 4.69) is 31.1 Å². The minimum absolute atomic E-state index is 0.762. The van der Waals surface area contributed by atoms with E-state index in [1.807, 2.05) is 0 Å². The highest BCUT2D eigenvalue weighted by Gasteiger charge is 2.40. The molecule has 82 valence electrons. The van der Waals surface area contributed by atoms with Crippen molar-refractivity contribution in [3.05, 3.63) is 0 Å². The van der Waals surface area contributed by atoms with Gasteiger partial charge >= 0.3 is 0 Å². The maximum Gasteiger partial charge on any atom is 0.0108 e. The summed E-state index contributed by atoms with van der Waals surface area (Å²) in [5.41, 5.74) is 0. The summed E-state index contributed by atoms with van der Waals surface area (Å²) >= 11 is 0. The second kappa shape index (κ2) is 4.19. The zero-order valence-electron chi connectivity index (χ0n) is 9.79. The fraction of sp³-hybridized carbons (Fsp3) is 1.00. The standard InChI is InChI=1S/C12H24N2/c1-9(7-13-3)10(2)14-8-11-4-5-12(14)6-11/h9-13H,4-8H2,1-3H3. The molecule has 1 aliphatic heterocycles. The highest BCUT2D eigenvalue weighted by molar-refractivity contribution is 4.95. The summed E-state index contributed by atoms with van der Waals surface area (Å²) < 4.78 is 0. The normalized spacial score (nSPS) is 36.2. The quantitative estimate of drug-likeness (QED) is 0.736. The van der Waals surface area contributed by atoms with Crippen LogP contribution >= 0.6 is 0 Å². The van der Waals surface area contributed by atoms with E-state index in [-0.39, 0.29) is 0 Å². The van der Waals surface area contributed by atoms with Gasteiger partial charge in [-0.05, 0) is 51.6 Å². The minimum atomic E-state index is 0.762. The largest absolute Gasteiger partial charge is 0.319 e. The van der Waals surface area contributed by atoms with Crippen molar-refractivity contribution in [2.75, 3.05) is 20.1 Å². The number of rotatable bonds is 4. The van der Waals surface area contributed by atoms with E-state index in [1.165, 1.54) is 25.8 Å². The third-order valence-electron chi connectivity index (χ3n) is 4.32. The maximum absolute atomic E-state index is 3.29. The number of nitrogens with zero attached hydrogens (tertiary/aromatic N) is 1. The Morgan fingerprint density at radius 3 is 2.64 bits per heavy atom. The number of likely N-dealkylation sites (tertiary alicyclic amines) is 1. The van der Waals surface area contributed by atoms with Gasteiger partial charge in [0.25, 0.3) is 0 Å². The second-order valence-electron chi connectivity index (χ2n) is 5.31. The van der Waals surface area contributed by atoms with Crippen LogP contribution in [0.15, 0.2) is 0 Å². The van der Waals surface area contributed by atoms with Gasteiger partial charge in [0.2, 0.25) is 0 Å². The number of hydrogen-bond donors (Lipinski definition) is 1. The lowest BCUT2D eigenvalue weighted by Gasteiger charge is -2.36. The molecule has 2 heteroatoms. The Labute approximate surface area is 88.1 Å². The first-order chi connectivity index (χ1) is 6.72. The van der Waals surface area contributed by atoms with Crippen LogP contribution in [0.4, 0.5) is 0 Å². The van der Waals surface area contributed by atoms with Gasteiger partial charge in [-0.2, -0.15) is 0 Å². The summed E-state index contributed by atoms with van der Waals surface area (Å²) in [4.78, 5) is 2.76. The van der Waals surface area contributed by atoms with Gasteiger partial charge in [0.15, 0.2) is 0 Å². The Morgan fingerprint density at radius 2 is 2.14 bits per heavy atom. The molecule has 0 aromatic heterocycles. The summed E-state index contributed by atoms with van der Waals surface area (Å²) in [6, 6.07) is 1.69. The Balaban J connectivity index is 1.89. The molecule has 1 saturated carbocycles. The van der Waals surface area contributed by atoms with Crippen LogP contribution in [0.25, 0.3) is 0 Å². The Hall–Kier alpha value is -0.0800. The van der Waals surface area contributed by atoms with Crippen molar-refractivity contribution in [2.24, 2.45) is 11.8 Å². The van der Waals surface area contributed by atoms with Crippen LogP contribution < -0.4 is 5.32 Å². The van der Waals surface area contributed by atoms with Crippen LogP contribution in [-0.2, 0) is 0 Å². The molecule has 2 nitrogen and oxygen atoms in total. The van der Waals surface area contributed by atoms with Crippen molar-refractivity contribution >= 4 is 0 Å². The minimum Gasteiger partial charge on any atom is -0.319 e. The molecule has 2 rings (SSSR count). The van der Waals surface area contributed by atoms with Crippen LogP contribution in [0.5, 0.6) is 0 Å². The molecular formula is C12H24N2. The molecule has 1 saturated heterocycles. The molecule has 0 aromatic rings. The predicted molar refractivity (Wildman–Crippen MR) is 60.4 cm³/mol. The smallest absolute Gasteiger partial charge is 0.0108 e. The fourth-order valence-corrected chi connectivity index (χ4v) is 3.28. The fourth-order valence-electron chi connectivity index (χ4n) is 3.28. The summed E-state index contributed by atoms with van der Waals surface area (Å²) in [5, 5.41) is 3.29. The van der Waals surface area contributed by atoms with Gasteiger partial charge in [0.05, 0.1) is 0 Å². The molecule has 0 amide bonds. The van der Waals surface area contributed by atoms with E-state index in [0.29, 0.717) is 0 Å². The summed E-state index contributed by atoms with van der Waals surface area (Å²) in [6.45, 7) is 7.30. The summed E-state index contributed by atoms with van der Waals surface area (Å²) in [6.07, 6.45) is 4.44. The number of fused-ring (bicyclic) bond motifs is 2. The molecule has 2 bridgehead atoms. The second-order valence-corrected chi connectivity index (χ2v) is 5.31. The first-order valence-corrected chi connectivity index (χ1v) is 6.12. The van der Waals surface area contributed by atoms with Crippen LogP contribution in [0, 0.1) is 11.8 Å². The van der Waals surface area contributed by atoms with E-state index in [4.69, 9.17) is 0 Å². The van der Waals surface area contributed by atoms with Crippen molar-refractivity contribution < 1.29 is 0 Å². The third-order valence-corrected chi connectivity index (χ3v) is 4.32. The Bertz CT molecular complexity index is 193. The molecule has 0 radical (unpaired) electrons. The molecule has 1 heterocycles. The molecule has 4 atom stereocenters. The zero-order chi connectivity index (χ0) is 10.1. The first kappa shape index (κ1) is 10.4. The van der Waals surface area contributed by atoms with Crippen LogP contribution in [0.2, 0.25) is 0 Å². The molecular weight excluding hydrogens is 172 g/mol. The molecule has 4 unspecified atom stereocenters. The van der Waals surface area contributed by atoms with Crippen molar-refractivity contribution in [1.82, 2.24) is 10.2 Å². The number of hydrogen-bond acceptors (Lipinski definition) is 2. The van der Waals surface area contributed by atoms with Crippen LogP contribution in [0.1, 0.15) is 33.1 Å². The molecule has 2 fully saturated rings. The van der Waals surface area contributed by atoms with Gasteiger partial charge in [0, 0.05) is 18.6 Å². The highest BCUT2D eigenvalue weighted by Crippen LogP contribution is 2.39. The average molecular weight is 196 g/mol. The lowest BCUT2D eigenvalue weighted by atomic mass is 9.99. The Kier molecular flexibility index (Phi) is 3.13. The number of nitrogens with one attached hydrogen (secondary N) is 1. The van der Waals surface area contributed by atoms with Crippen molar-refractivity contribution in [2.45, 2.75) is 45.2 Å². The monoisotopic (exact) mass is 196 g/mol. The summed E-state index contributed by atoms with van der Waals surface area (Å²) in [7, 11) is 2.05. The van der Waals surface area contributed by atoms with Gasteiger partial charge in [-0.25, -0.2) is 0 Å².